The highest BCUT2D eigenvalue weighted by atomic mass is 31.2. The zero-order valence-electron chi connectivity index (χ0n) is 34.0. The van der Waals surface area contributed by atoms with Gasteiger partial charge in [0.15, 0.2) is 13.0 Å². The summed E-state index contributed by atoms with van der Waals surface area (Å²) in [6.45, 7) is 4.03. The SMILES string of the molecule is C=N/C(=N\C1=C(Cc2cccc3ccccc23)C2(c3ccccc31)c1ccccc1-c1ccc(-c3ccc(P(=O)(c4ccccc4)c4ccccc4)cc3)cc12)c1ccccc1. The molecule has 4 heteroatoms. The van der Waals surface area contributed by atoms with E-state index in [0.29, 0.717) is 12.3 Å². The van der Waals surface area contributed by atoms with E-state index in [1.54, 1.807) is 0 Å². The molecule has 9 aromatic carbocycles. The number of hydrogen-bond donors (Lipinski definition) is 0. The highest BCUT2D eigenvalue weighted by Gasteiger charge is 2.53. The summed E-state index contributed by atoms with van der Waals surface area (Å²) >= 11 is 0. The van der Waals surface area contributed by atoms with Crippen molar-refractivity contribution in [1.82, 2.24) is 0 Å². The van der Waals surface area contributed by atoms with E-state index in [0.717, 1.165) is 43.9 Å². The van der Waals surface area contributed by atoms with Gasteiger partial charge in [-0.15, -0.1) is 0 Å². The first-order valence-corrected chi connectivity index (χ1v) is 22.8. The van der Waals surface area contributed by atoms with Gasteiger partial charge in [-0.1, -0.05) is 218 Å². The molecule has 0 bridgehead atoms. The summed E-state index contributed by atoms with van der Waals surface area (Å²) in [6, 6.07) is 78.2. The van der Waals surface area contributed by atoms with E-state index in [4.69, 9.17) is 4.99 Å². The number of benzene rings is 9. The van der Waals surface area contributed by atoms with Gasteiger partial charge in [-0.25, -0.2) is 9.98 Å². The van der Waals surface area contributed by atoms with Crippen molar-refractivity contribution in [2.24, 2.45) is 9.98 Å². The molecule has 3 nitrogen and oxygen atoms in total. The molecule has 0 saturated carbocycles. The van der Waals surface area contributed by atoms with Crippen molar-refractivity contribution in [3.63, 3.8) is 0 Å². The maximum Gasteiger partial charge on any atom is 0.171 e. The third kappa shape index (κ3) is 5.85. The maximum absolute atomic E-state index is 15.3. The van der Waals surface area contributed by atoms with E-state index in [1.165, 1.54) is 49.7 Å². The van der Waals surface area contributed by atoms with Crippen LogP contribution in [0.5, 0.6) is 0 Å². The minimum atomic E-state index is -3.13. The van der Waals surface area contributed by atoms with Gasteiger partial charge in [-0.3, -0.25) is 0 Å². The fourth-order valence-corrected chi connectivity index (χ4v) is 12.7. The van der Waals surface area contributed by atoms with Gasteiger partial charge in [0, 0.05) is 27.0 Å². The van der Waals surface area contributed by atoms with Crippen LogP contribution in [0.3, 0.4) is 0 Å². The third-order valence-corrected chi connectivity index (χ3v) is 15.9. The smallest absolute Gasteiger partial charge is 0.171 e. The summed E-state index contributed by atoms with van der Waals surface area (Å²) < 4.78 is 15.3. The Balaban J connectivity index is 1.14. The number of nitrogens with zero attached hydrogens (tertiary/aromatic N) is 2. The molecule has 1 atom stereocenters. The van der Waals surface area contributed by atoms with E-state index >= 15 is 4.57 Å². The highest BCUT2D eigenvalue weighted by molar-refractivity contribution is 7.85. The number of amidine groups is 1. The number of fused-ring (bicyclic) bond motifs is 8. The Kier molecular flexibility index (Phi) is 9.22. The number of allylic oxidation sites excluding steroid dienone is 1. The summed E-state index contributed by atoms with van der Waals surface area (Å²) in [5, 5.41) is 4.89. The van der Waals surface area contributed by atoms with Crippen molar-refractivity contribution in [2.75, 3.05) is 0 Å². The number of rotatable bonds is 8. The van der Waals surface area contributed by atoms with Gasteiger partial charge >= 0.3 is 0 Å². The minimum absolute atomic E-state index is 0.589. The van der Waals surface area contributed by atoms with Crippen molar-refractivity contribution in [1.29, 1.82) is 0 Å². The molecule has 2 aliphatic carbocycles. The van der Waals surface area contributed by atoms with Gasteiger partial charge in [0.1, 0.15) is 0 Å². The second-order valence-electron chi connectivity index (χ2n) is 16.0. The van der Waals surface area contributed by atoms with Crippen LogP contribution < -0.4 is 15.9 Å². The van der Waals surface area contributed by atoms with Gasteiger partial charge in [-0.2, -0.15) is 0 Å². The van der Waals surface area contributed by atoms with Gasteiger partial charge in [0.25, 0.3) is 0 Å². The molecule has 62 heavy (non-hydrogen) atoms. The van der Waals surface area contributed by atoms with Gasteiger partial charge in [0.2, 0.25) is 0 Å². The Morgan fingerprint density at radius 2 is 1.02 bits per heavy atom. The fraction of sp³-hybridized carbons (Fsp3) is 0.0345. The predicted molar refractivity (Wildman–Crippen MR) is 260 cm³/mol. The molecular formula is C58H41N2OP. The Morgan fingerprint density at radius 3 is 1.71 bits per heavy atom. The third-order valence-electron chi connectivity index (χ3n) is 12.8. The van der Waals surface area contributed by atoms with Crippen LogP contribution in [-0.2, 0) is 16.4 Å². The molecule has 11 rings (SSSR count). The van der Waals surface area contributed by atoms with Crippen LogP contribution in [0.15, 0.2) is 240 Å². The number of hydrogen-bond acceptors (Lipinski definition) is 2. The molecule has 0 N–H and O–H groups in total. The lowest BCUT2D eigenvalue weighted by molar-refractivity contribution is 0.592. The molecule has 0 radical (unpaired) electrons. The minimum Gasteiger partial charge on any atom is -0.309 e. The predicted octanol–water partition coefficient (Wildman–Crippen LogP) is 12.6. The molecule has 0 aromatic heterocycles. The zero-order valence-corrected chi connectivity index (χ0v) is 34.9. The topological polar surface area (TPSA) is 41.8 Å². The lowest BCUT2D eigenvalue weighted by Gasteiger charge is -2.33. The van der Waals surface area contributed by atoms with E-state index in [2.05, 4.69) is 145 Å². The maximum atomic E-state index is 15.3. The summed E-state index contributed by atoms with van der Waals surface area (Å²) in [6.07, 6.45) is 0.662. The van der Waals surface area contributed by atoms with E-state index < -0.39 is 12.6 Å². The van der Waals surface area contributed by atoms with Crippen LogP contribution in [0.2, 0.25) is 0 Å². The van der Waals surface area contributed by atoms with Crippen molar-refractivity contribution < 1.29 is 4.57 Å². The van der Waals surface area contributed by atoms with Crippen LogP contribution in [-0.4, -0.2) is 12.6 Å². The molecule has 0 aliphatic heterocycles. The normalized spacial score (nSPS) is 15.4. The van der Waals surface area contributed by atoms with Gasteiger partial charge < -0.3 is 4.57 Å². The molecule has 1 spiro atoms. The molecule has 0 amide bonds. The highest BCUT2D eigenvalue weighted by Crippen LogP contribution is 2.63. The van der Waals surface area contributed by atoms with Crippen molar-refractivity contribution >= 4 is 52.1 Å². The first-order chi connectivity index (χ1) is 30.6. The molecular weight excluding hydrogens is 772 g/mol. The summed E-state index contributed by atoms with van der Waals surface area (Å²) in [7, 11) is -3.13. The summed E-state index contributed by atoms with van der Waals surface area (Å²) in [4.78, 5) is 10.1. The molecule has 0 saturated heterocycles. The Morgan fingerprint density at radius 1 is 0.484 bits per heavy atom. The Labute approximate surface area is 362 Å². The summed E-state index contributed by atoms with van der Waals surface area (Å²) in [5.74, 6) is 0.589. The molecule has 294 valence electrons. The molecule has 2 aliphatic rings. The molecule has 1 unspecified atom stereocenters. The van der Waals surface area contributed by atoms with Crippen LogP contribution in [0.25, 0.3) is 38.7 Å². The second kappa shape index (κ2) is 15.2. The Hall–Kier alpha value is -7.45. The fourth-order valence-electron chi connectivity index (χ4n) is 10.0. The standard InChI is InChI=1S/C58H41N2OP/c1-59-57(42-19-5-2-6-20-42)60-56-51-29-14-16-31-53(51)58(55(56)39-44-22-17-21-41-18-11-12-27-48(41)44)52-30-15-13-28-49(52)50-37-34-43(38-54(50)58)40-32-35-47(36-33-40)62(61,45-23-7-3-8-24-45)46-25-9-4-10-26-46/h2-38H,1,39H2/b60-57-. The zero-order chi connectivity index (χ0) is 41.7. The average molecular weight is 813 g/mol. The summed E-state index contributed by atoms with van der Waals surface area (Å²) in [5.41, 5.74) is 13.0. The Bertz CT molecular complexity index is 3250. The van der Waals surface area contributed by atoms with Gasteiger partial charge in [0.05, 0.1) is 11.1 Å². The van der Waals surface area contributed by atoms with Crippen LogP contribution in [0, 0.1) is 0 Å². The van der Waals surface area contributed by atoms with Crippen molar-refractivity contribution in [2.45, 2.75) is 11.8 Å². The van der Waals surface area contributed by atoms with E-state index in [-0.39, 0.29) is 0 Å². The second-order valence-corrected chi connectivity index (χ2v) is 18.8. The van der Waals surface area contributed by atoms with Crippen molar-refractivity contribution in [3.8, 4) is 22.3 Å². The molecule has 9 aromatic rings. The van der Waals surface area contributed by atoms with Crippen molar-refractivity contribution in [3.05, 3.63) is 263 Å². The largest absolute Gasteiger partial charge is 0.309 e. The lowest BCUT2D eigenvalue weighted by atomic mass is 9.68. The first-order valence-electron chi connectivity index (χ1n) is 21.1. The molecule has 0 fully saturated rings. The van der Waals surface area contributed by atoms with E-state index in [9.17, 15) is 0 Å². The first kappa shape index (κ1) is 37.5. The monoisotopic (exact) mass is 812 g/mol. The molecule has 0 heterocycles. The van der Waals surface area contributed by atoms with E-state index in [1.807, 2.05) is 91.0 Å². The quantitative estimate of drug-likeness (QED) is 0.0856. The number of aliphatic imine (C=N–C) groups is 2. The van der Waals surface area contributed by atoms with Crippen LogP contribution >= 0.6 is 7.14 Å². The lowest BCUT2D eigenvalue weighted by Crippen LogP contribution is -2.28. The van der Waals surface area contributed by atoms with Crippen LogP contribution in [0.1, 0.15) is 33.4 Å². The average Bonchev–Trinajstić information content (AvgIpc) is 3.79. The van der Waals surface area contributed by atoms with Gasteiger partial charge in [-0.05, 0) is 80.1 Å². The van der Waals surface area contributed by atoms with Crippen LogP contribution in [0.4, 0.5) is 0 Å².